The second-order valence-electron chi connectivity index (χ2n) is 20.2. The Morgan fingerprint density at radius 2 is 0.971 bits per heavy atom. The number of rotatable bonds is 20. The first-order chi connectivity index (χ1) is 34.0. The lowest BCUT2D eigenvalue weighted by atomic mass is 9.83. The Kier molecular flexibility index (Phi) is 22.4. The van der Waals surface area contributed by atoms with Gasteiger partial charge in [-0.15, -0.1) is 0 Å². The first-order valence-corrected chi connectivity index (χ1v) is 27.3. The van der Waals surface area contributed by atoms with Crippen molar-refractivity contribution in [2.45, 2.75) is 128 Å². The summed E-state index contributed by atoms with van der Waals surface area (Å²) in [4.78, 5) is 18.9. The molecule has 4 atom stereocenters. The fourth-order valence-corrected chi connectivity index (χ4v) is 11.3. The molecular formula is C54H76Cl4N8O4. The van der Waals surface area contributed by atoms with E-state index in [1.807, 2.05) is 24.3 Å². The lowest BCUT2D eigenvalue weighted by molar-refractivity contribution is 0.0594. The zero-order valence-corrected chi connectivity index (χ0v) is 44.8. The van der Waals surface area contributed by atoms with Crippen LogP contribution in [0, 0.1) is 23.7 Å². The van der Waals surface area contributed by atoms with E-state index in [2.05, 4.69) is 57.2 Å². The van der Waals surface area contributed by atoms with Gasteiger partial charge < -0.3 is 40.2 Å². The Balaban J connectivity index is 0.000000206. The topological polar surface area (TPSA) is 137 Å². The number of pyridine rings is 4. The number of ether oxygens (including phenoxy) is 4. The summed E-state index contributed by atoms with van der Waals surface area (Å²) in [6, 6.07) is 13.7. The molecule has 70 heavy (non-hydrogen) atoms. The van der Waals surface area contributed by atoms with Crippen LogP contribution in [0.3, 0.4) is 0 Å². The van der Waals surface area contributed by atoms with Gasteiger partial charge in [0.15, 0.2) is 0 Å². The van der Waals surface area contributed by atoms with E-state index in [0.29, 0.717) is 79.3 Å². The smallest absolute Gasteiger partial charge is 0.126 e. The van der Waals surface area contributed by atoms with Gasteiger partial charge in [-0.25, -0.2) is 9.97 Å². The molecule has 4 aliphatic rings. The second-order valence-corrected chi connectivity index (χ2v) is 21.8. The summed E-state index contributed by atoms with van der Waals surface area (Å²) in [5.41, 5.74) is 5.17. The minimum atomic E-state index is 0.389. The van der Waals surface area contributed by atoms with Crippen LogP contribution in [0.5, 0.6) is 0 Å². The van der Waals surface area contributed by atoms with Gasteiger partial charge in [0.25, 0.3) is 0 Å². The standard InChI is InChI=1S/2C27H38Cl2N4O2/c2*1-18(16-34-2)32-21-7-5-19(6-8-21)12-22-13-23(25(29)15-30-22)27-24(28)9-10-26(33-27)31-14-20-4-3-11-35-17-20/h2*9-10,13,15,18-21,32H,3-8,11-12,14,16-17H2,1-2H3,(H,31,33)/t18-,19?,20+,21?;18-,19?,20-,21?/m11/s1. The van der Waals surface area contributed by atoms with Gasteiger partial charge in [0.2, 0.25) is 0 Å². The first kappa shape index (κ1) is 54.9. The molecule has 0 aromatic carbocycles. The van der Waals surface area contributed by atoms with Gasteiger partial charge in [-0.2, -0.15) is 0 Å². The normalized spacial score (nSPS) is 23.7. The molecule has 0 spiro atoms. The molecule has 4 aromatic heterocycles. The summed E-state index contributed by atoms with van der Waals surface area (Å²) in [5.74, 6) is 3.88. The van der Waals surface area contributed by atoms with Crippen molar-refractivity contribution in [3.8, 4) is 22.5 Å². The lowest BCUT2D eigenvalue weighted by Gasteiger charge is -2.31. The van der Waals surface area contributed by atoms with Gasteiger partial charge >= 0.3 is 0 Å². The van der Waals surface area contributed by atoms with Crippen LogP contribution in [0.1, 0.15) is 102 Å². The lowest BCUT2D eigenvalue weighted by Crippen LogP contribution is -2.41. The zero-order valence-electron chi connectivity index (χ0n) is 41.7. The fourth-order valence-electron chi connectivity index (χ4n) is 10.5. The molecule has 2 aliphatic carbocycles. The molecule has 12 nitrogen and oxygen atoms in total. The maximum absolute atomic E-state index is 6.57. The molecule has 4 N–H and O–H groups in total. The summed E-state index contributed by atoms with van der Waals surface area (Å²) in [6.45, 7) is 10.9. The number of anilines is 2. The number of hydrogen-bond donors (Lipinski definition) is 4. The van der Waals surface area contributed by atoms with E-state index in [-0.39, 0.29) is 0 Å². The third-order valence-electron chi connectivity index (χ3n) is 14.2. The Morgan fingerprint density at radius 1 is 0.557 bits per heavy atom. The molecule has 8 rings (SSSR count). The molecule has 0 unspecified atom stereocenters. The van der Waals surface area contributed by atoms with Crippen LogP contribution >= 0.6 is 46.4 Å². The Hall–Kier alpha value is -2.88. The summed E-state index contributed by atoms with van der Waals surface area (Å²) in [6.07, 6.45) is 19.5. The van der Waals surface area contributed by atoms with E-state index < -0.39 is 0 Å². The highest BCUT2D eigenvalue weighted by Gasteiger charge is 2.26. The van der Waals surface area contributed by atoms with Gasteiger partial charge in [-0.1, -0.05) is 46.4 Å². The van der Waals surface area contributed by atoms with Crippen molar-refractivity contribution in [3.63, 3.8) is 0 Å². The summed E-state index contributed by atoms with van der Waals surface area (Å²) in [5, 5.41) is 16.6. The van der Waals surface area contributed by atoms with Gasteiger partial charge in [0.05, 0.1) is 57.9 Å². The van der Waals surface area contributed by atoms with E-state index in [4.69, 9.17) is 75.3 Å². The average molecular weight is 1040 g/mol. The molecule has 0 bridgehead atoms. The summed E-state index contributed by atoms with van der Waals surface area (Å²) >= 11 is 26.3. The molecular weight excluding hydrogens is 966 g/mol. The van der Waals surface area contributed by atoms with Gasteiger partial charge in [0.1, 0.15) is 11.6 Å². The number of nitrogens with zero attached hydrogens (tertiary/aromatic N) is 4. The Morgan fingerprint density at radius 3 is 1.34 bits per heavy atom. The number of hydrogen-bond acceptors (Lipinski definition) is 12. The number of nitrogens with one attached hydrogen (secondary N) is 4. The molecule has 16 heteroatoms. The maximum Gasteiger partial charge on any atom is 0.126 e. The predicted octanol–water partition coefficient (Wildman–Crippen LogP) is 12.0. The number of aromatic nitrogens is 4. The van der Waals surface area contributed by atoms with Gasteiger partial charge in [0, 0.05) is 99.6 Å². The van der Waals surface area contributed by atoms with Crippen LogP contribution in [0.2, 0.25) is 20.1 Å². The van der Waals surface area contributed by atoms with Crippen LogP contribution in [0.15, 0.2) is 48.8 Å². The molecule has 6 heterocycles. The van der Waals surface area contributed by atoms with Crippen molar-refractivity contribution in [1.29, 1.82) is 0 Å². The van der Waals surface area contributed by atoms with E-state index in [1.54, 1.807) is 26.6 Å². The Labute approximate surface area is 437 Å². The van der Waals surface area contributed by atoms with Crippen LogP contribution < -0.4 is 21.3 Å². The highest BCUT2D eigenvalue weighted by atomic mass is 35.5. The van der Waals surface area contributed by atoms with Crippen molar-refractivity contribution >= 4 is 58.0 Å². The average Bonchev–Trinajstić information content (AvgIpc) is 3.37. The monoisotopic (exact) mass is 1040 g/mol. The third-order valence-corrected chi connectivity index (χ3v) is 15.5. The van der Waals surface area contributed by atoms with Gasteiger partial charge in [-0.3, -0.25) is 9.97 Å². The van der Waals surface area contributed by atoms with Crippen LogP contribution in [-0.4, -0.2) is 111 Å². The summed E-state index contributed by atoms with van der Waals surface area (Å²) in [7, 11) is 3.51. The van der Waals surface area contributed by atoms with Crippen molar-refractivity contribution in [2.75, 3.05) is 77.6 Å². The highest BCUT2D eigenvalue weighted by molar-refractivity contribution is 6.36. The molecule has 4 aromatic rings. The minimum Gasteiger partial charge on any atom is -0.383 e. The van der Waals surface area contributed by atoms with Gasteiger partial charge in [-0.05, 0) is 164 Å². The number of methoxy groups -OCH3 is 2. The summed E-state index contributed by atoms with van der Waals surface area (Å²) < 4.78 is 21.7. The van der Waals surface area contributed by atoms with Crippen molar-refractivity contribution in [3.05, 3.63) is 80.3 Å². The van der Waals surface area contributed by atoms with E-state index in [1.165, 1.54) is 64.2 Å². The maximum atomic E-state index is 6.57. The van der Waals surface area contributed by atoms with Crippen molar-refractivity contribution in [2.24, 2.45) is 23.7 Å². The zero-order chi connectivity index (χ0) is 49.2. The van der Waals surface area contributed by atoms with E-state index in [0.717, 1.165) is 113 Å². The molecule has 384 valence electrons. The molecule has 2 aliphatic heterocycles. The minimum absolute atomic E-state index is 0.389. The number of halogens is 4. The molecule has 0 amide bonds. The quantitative estimate of drug-likeness (QED) is 0.0671. The molecule has 2 saturated heterocycles. The highest BCUT2D eigenvalue weighted by Crippen LogP contribution is 2.37. The molecule has 2 saturated carbocycles. The molecule has 0 radical (unpaired) electrons. The SMILES string of the molecule is COC[C@@H](C)NC1CCC(Cc2cc(-c3nc(NC[C@@H]4CCCOC4)ccc3Cl)c(Cl)cn2)CC1.COC[C@@H](C)NC1CCC(Cc2cc(-c3nc(NC[C@H]4CCCOC4)ccc3Cl)c(Cl)cn2)CC1. The first-order valence-electron chi connectivity index (χ1n) is 25.8. The fraction of sp³-hybridized carbons (Fsp3) is 0.630. The van der Waals surface area contributed by atoms with Crippen molar-refractivity contribution < 1.29 is 18.9 Å². The van der Waals surface area contributed by atoms with Crippen molar-refractivity contribution in [1.82, 2.24) is 30.6 Å². The largest absolute Gasteiger partial charge is 0.383 e. The third kappa shape index (κ3) is 17.1. The molecule has 4 fully saturated rings. The van der Waals surface area contributed by atoms with Crippen LogP contribution in [0.4, 0.5) is 11.6 Å². The predicted molar refractivity (Wildman–Crippen MR) is 287 cm³/mol. The van der Waals surface area contributed by atoms with E-state index >= 15 is 0 Å². The second kappa shape index (κ2) is 28.5. The van der Waals surface area contributed by atoms with E-state index in [9.17, 15) is 0 Å². The Bertz CT molecular complexity index is 2050. The van der Waals surface area contributed by atoms with Crippen LogP contribution in [0.25, 0.3) is 22.5 Å². The van der Waals surface area contributed by atoms with Crippen LogP contribution in [-0.2, 0) is 31.8 Å².